The lowest BCUT2D eigenvalue weighted by Gasteiger charge is -2.39. The van der Waals surface area contributed by atoms with Gasteiger partial charge in [-0.05, 0) is 30.5 Å². The first-order chi connectivity index (χ1) is 10.2. The van der Waals surface area contributed by atoms with E-state index in [0.29, 0.717) is 24.8 Å². The first-order valence-corrected chi connectivity index (χ1v) is 7.72. The summed E-state index contributed by atoms with van der Waals surface area (Å²) in [6, 6.07) is 5.47. The molecule has 1 aromatic rings. The number of Topliss-reactive ketones (excluding diaryl/α,β-unsaturated/α-hetero) is 1. The van der Waals surface area contributed by atoms with Gasteiger partial charge >= 0.3 is 12.1 Å². The average Bonchev–Trinajstić information content (AvgIpc) is 2.70. The number of hydrogen-bond acceptors (Lipinski definition) is 2. The van der Waals surface area contributed by atoms with Crippen LogP contribution in [0.4, 0.5) is 13.2 Å². The highest BCUT2D eigenvalue weighted by Crippen LogP contribution is 2.47. The fourth-order valence-corrected chi connectivity index (χ4v) is 3.83. The van der Waals surface area contributed by atoms with E-state index in [1.807, 2.05) is 12.1 Å². The highest BCUT2D eigenvalue weighted by molar-refractivity contribution is 9.10. The lowest BCUT2D eigenvalue weighted by molar-refractivity contribution is -0.186. The Bertz CT molecular complexity index is 649. The van der Waals surface area contributed by atoms with Gasteiger partial charge in [-0.25, -0.2) is 0 Å². The van der Waals surface area contributed by atoms with Gasteiger partial charge in [-0.15, -0.1) is 0 Å². The maximum atomic E-state index is 12.5. The molecular formula is C15H13BrF3NO2. The molecule has 3 nitrogen and oxygen atoms in total. The molecule has 0 N–H and O–H groups in total. The van der Waals surface area contributed by atoms with Gasteiger partial charge in [0, 0.05) is 35.0 Å². The van der Waals surface area contributed by atoms with Crippen molar-refractivity contribution in [1.29, 1.82) is 0 Å². The van der Waals surface area contributed by atoms with Crippen LogP contribution in [0.5, 0.6) is 0 Å². The number of benzene rings is 1. The Balaban J connectivity index is 1.83. The maximum Gasteiger partial charge on any atom is 0.471 e. The number of carbonyl (C=O) groups excluding carboxylic acids is 2. The van der Waals surface area contributed by atoms with Crippen LogP contribution in [0.15, 0.2) is 22.7 Å². The standard InChI is InChI=1S/C15H13BrF3NO2/c16-9-1-2-11-10(7-9)12(21)8-14(11)3-5-20(6-4-14)13(22)15(17,18)19/h1-2,7H,3-6,8H2. The number of alkyl halides is 3. The van der Waals surface area contributed by atoms with E-state index in [4.69, 9.17) is 0 Å². The largest absolute Gasteiger partial charge is 0.471 e. The highest BCUT2D eigenvalue weighted by atomic mass is 79.9. The van der Waals surface area contributed by atoms with Crippen LogP contribution in [0, 0.1) is 0 Å². The van der Waals surface area contributed by atoms with Crippen LogP contribution in [0.3, 0.4) is 0 Å². The van der Waals surface area contributed by atoms with Crippen LogP contribution in [0.25, 0.3) is 0 Å². The molecule has 22 heavy (non-hydrogen) atoms. The minimum atomic E-state index is -4.83. The lowest BCUT2D eigenvalue weighted by atomic mass is 9.74. The zero-order chi connectivity index (χ0) is 16.1. The van der Waals surface area contributed by atoms with Gasteiger partial charge in [0.1, 0.15) is 0 Å². The second-order valence-electron chi connectivity index (χ2n) is 5.86. The third-order valence-electron chi connectivity index (χ3n) is 4.60. The van der Waals surface area contributed by atoms with Gasteiger partial charge < -0.3 is 4.90 Å². The molecule has 1 amide bonds. The zero-order valence-electron chi connectivity index (χ0n) is 11.5. The minimum Gasteiger partial charge on any atom is -0.335 e. The van der Waals surface area contributed by atoms with Crippen LogP contribution in [0.2, 0.25) is 0 Å². The summed E-state index contributed by atoms with van der Waals surface area (Å²) in [5, 5.41) is 0. The topological polar surface area (TPSA) is 37.4 Å². The number of nitrogens with zero attached hydrogens (tertiary/aromatic N) is 1. The van der Waals surface area contributed by atoms with Crippen LogP contribution in [-0.4, -0.2) is 35.9 Å². The molecule has 1 heterocycles. The zero-order valence-corrected chi connectivity index (χ0v) is 13.1. The molecule has 0 radical (unpaired) electrons. The molecule has 1 spiro atoms. The Kier molecular flexibility index (Phi) is 3.58. The van der Waals surface area contributed by atoms with E-state index in [9.17, 15) is 22.8 Å². The Hall–Kier alpha value is -1.37. The first-order valence-electron chi connectivity index (χ1n) is 6.92. The molecule has 0 bridgehead atoms. The summed E-state index contributed by atoms with van der Waals surface area (Å²) >= 11 is 3.33. The molecule has 1 fully saturated rings. The molecule has 1 aromatic carbocycles. The van der Waals surface area contributed by atoms with Crippen LogP contribution in [0.1, 0.15) is 35.2 Å². The van der Waals surface area contributed by atoms with E-state index in [-0.39, 0.29) is 18.9 Å². The van der Waals surface area contributed by atoms with Crippen LogP contribution in [-0.2, 0) is 10.2 Å². The number of fused-ring (bicyclic) bond motifs is 2. The van der Waals surface area contributed by atoms with Crippen molar-refractivity contribution in [3.63, 3.8) is 0 Å². The number of ketones is 1. The molecule has 1 aliphatic carbocycles. The lowest BCUT2D eigenvalue weighted by Crippen LogP contribution is -2.49. The SMILES string of the molecule is O=C1CC2(CCN(C(=O)C(F)(F)F)CC2)c2ccc(Br)cc21. The predicted octanol–water partition coefficient (Wildman–Crippen LogP) is 3.46. The molecule has 0 aromatic heterocycles. The average molecular weight is 376 g/mol. The Morgan fingerprint density at radius 1 is 1.23 bits per heavy atom. The fourth-order valence-electron chi connectivity index (χ4n) is 3.47. The van der Waals surface area contributed by atoms with Gasteiger partial charge in [-0.1, -0.05) is 22.0 Å². The summed E-state index contributed by atoms with van der Waals surface area (Å²) in [7, 11) is 0. The van der Waals surface area contributed by atoms with E-state index in [0.717, 1.165) is 14.9 Å². The first kappa shape index (κ1) is 15.5. The van der Waals surface area contributed by atoms with Gasteiger partial charge in [0.15, 0.2) is 5.78 Å². The van der Waals surface area contributed by atoms with E-state index in [2.05, 4.69) is 15.9 Å². The number of hydrogen-bond donors (Lipinski definition) is 0. The van der Waals surface area contributed by atoms with Crippen molar-refractivity contribution in [3.8, 4) is 0 Å². The summed E-state index contributed by atoms with van der Waals surface area (Å²) in [6.45, 7) is 0.0578. The van der Waals surface area contributed by atoms with Crippen molar-refractivity contribution < 1.29 is 22.8 Å². The molecule has 0 saturated carbocycles. The normalized spacial score (nSPS) is 20.4. The molecular weight excluding hydrogens is 363 g/mol. The molecule has 7 heteroatoms. The Morgan fingerprint density at radius 3 is 2.45 bits per heavy atom. The predicted molar refractivity (Wildman–Crippen MR) is 76.6 cm³/mol. The van der Waals surface area contributed by atoms with Gasteiger partial charge in [-0.3, -0.25) is 9.59 Å². The molecule has 1 saturated heterocycles. The number of rotatable bonds is 0. The summed E-state index contributed by atoms with van der Waals surface area (Å²) in [5.41, 5.74) is 1.12. The van der Waals surface area contributed by atoms with Gasteiger partial charge in [0.05, 0.1) is 0 Å². The number of piperidine rings is 1. The Morgan fingerprint density at radius 2 is 1.86 bits per heavy atom. The van der Waals surface area contributed by atoms with Crippen LogP contribution >= 0.6 is 15.9 Å². The van der Waals surface area contributed by atoms with Crippen LogP contribution < -0.4 is 0 Å². The van der Waals surface area contributed by atoms with Crippen molar-refractivity contribution in [2.75, 3.05) is 13.1 Å². The van der Waals surface area contributed by atoms with Crippen molar-refractivity contribution in [2.24, 2.45) is 0 Å². The second-order valence-corrected chi connectivity index (χ2v) is 6.78. The smallest absolute Gasteiger partial charge is 0.335 e. The molecule has 1 aliphatic heterocycles. The van der Waals surface area contributed by atoms with E-state index < -0.39 is 17.5 Å². The van der Waals surface area contributed by atoms with E-state index in [1.165, 1.54) is 0 Å². The van der Waals surface area contributed by atoms with Gasteiger partial charge in [-0.2, -0.15) is 13.2 Å². The van der Waals surface area contributed by atoms with Crippen molar-refractivity contribution >= 4 is 27.6 Å². The number of likely N-dealkylation sites (tertiary alicyclic amines) is 1. The summed E-state index contributed by atoms with van der Waals surface area (Å²) in [6.07, 6.45) is -3.75. The molecule has 0 atom stereocenters. The van der Waals surface area contributed by atoms with Gasteiger partial charge in [0.2, 0.25) is 0 Å². The highest BCUT2D eigenvalue weighted by Gasteiger charge is 2.49. The molecule has 0 unspecified atom stereocenters. The number of amides is 1. The number of halogens is 4. The quantitative estimate of drug-likeness (QED) is 0.696. The third kappa shape index (κ3) is 2.45. The maximum absolute atomic E-state index is 12.5. The fraction of sp³-hybridized carbons (Fsp3) is 0.467. The van der Waals surface area contributed by atoms with Gasteiger partial charge in [0.25, 0.3) is 0 Å². The number of carbonyl (C=O) groups is 2. The van der Waals surface area contributed by atoms with Crippen molar-refractivity contribution in [3.05, 3.63) is 33.8 Å². The summed E-state index contributed by atoms with van der Waals surface area (Å²) < 4.78 is 38.3. The second kappa shape index (κ2) is 5.08. The van der Waals surface area contributed by atoms with E-state index >= 15 is 0 Å². The molecule has 118 valence electrons. The third-order valence-corrected chi connectivity index (χ3v) is 5.10. The summed E-state index contributed by atoms with van der Waals surface area (Å²) in [4.78, 5) is 24.3. The minimum absolute atomic E-state index is 0.0203. The summed E-state index contributed by atoms with van der Waals surface area (Å²) in [5.74, 6) is -1.77. The van der Waals surface area contributed by atoms with Crippen molar-refractivity contribution in [1.82, 2.24) is 4.90 Å². The van der Waals surface area contributed by atoms with Crippen molar-refractivity contribution in [2.45, 2.75) is 30.9 Å². The molecule has 3 rings (SSSR count). The van der Waals surface area contributed by atoms with E-state index in [1.54, 1.807) is 6.07 Å². The monoisotopic (exact) mass is 375 g/mol. The molecule has 2 aliphatic rings. The Labute approximate surface area is 133 Å².